The van der Waals surface area contributed by atoms with Crippen LogP contribution in [0.25, 0.3) is 0 Å². The van der Waals surface area contributed by atoms with Gasteiger partial charge in [0.15, 0.2) is 0 Å². The van der Waals surface area contributed by atoms with Crippen LogP contribution in [0.1, 0.15) is 20.3 Å². The highest BCUT2D eigenvalue weighted by atomic mass is 16.6. The Balaban J connectivity index is 2.22. The number of hydrogen-bond acceptors (Lipinski definition) is 5. The van der Waals surface area contributed by atoms with Crippen LogP contribution in [0.3, 0.4) is 0 Å². The summed E-state index contributed by atoms with van der Waals surface area (Å²) < 4.78 is 9.61. The topological polar surface area (TPSA) is 88.2 Å². The van der Waals surface area contributed by atoms with Crippen molar-refractivity contribution in [2.24, 2.45) is 0 Å². The number of amides is 3. The molecule has 0 saturated carbocycles. The molecule has 1 aliphatic heterocycles. The second kappa shape index (κ2) is 9.04. The summed E-state index contributed by atoms with van der Waals surface area (Å²) in [5.74, 6) is -0.0460. The SMILES string of the molecule is CCOC(=O)NCCC(=O)N1CCN(C(=O)OCC)CC1. The van der Waals surface area contributed by atoms with Crippen molar-refractivity contribution in [2.45, 2.75) is 20.3 Å². The van der Waals surface area contributed by atoms with Gasteiger partial charge in [-0.3, -0.25) is 4.79 Å². The van der Waals surface area contributed by atoms with Crippen LogP contribution in [0, 0.1) is 0 Å². The van der Waals surface area contributed by atoms with Gasteiger partial charge < -0.3 is 24.6 Å². The minimum Gasteiger partial charge on any atom is -0.450 e. The van der Waals surface area contributed by atoms with Crippen LogP contribution in [0.15, 0.2) is 0 Å². The van der Waals surface area contributed by atoms with Crippen LogP contribution >= 0.6 is 0 Å². The molecule has 0 spiro atoms. The minimum absolute atomic E-state index is 0.0460. The molecule has 0 bridgehead atoms. The first-order valence-corrected chi connectivity index (χ1v) is 7.18. The maximum absolute atomic E-state index is 11.9. The van der Waals surface area contributed by atoms with Gasteiger partial charge in [0.1, 0.15) is 0 Å². The summed E-state index contributed by atoms with van der Waals surface area (Å²) in [5.41, 5.74) is 0. The largest absolute Gasteiger partial charge is 0.450 e. The van der Waals surface area contributed by atoms with Crippen molar-refractivity contribution in [3.63, 3.8) is 0 Å². The minimum atomic E-state index is -0.516. The van der Waals surface area contributed by atoms with Crippen molar-refractivity contribution >= 4 is 18.1 Å². The van der Waals surface area contributed by atoms with Crippen molar-refractivity contribution in [2.75, 3.05) is 45.9 Å². The van der Waals surface area contributed by atoms with E-state index in [4.69, 9.17) is 9.47 Å². The van der Waals surface area contributed by atoms with E-state index in [-0.39, 0.29) is 25.0 Å². The van der Waals surface area contributed by atoms with E-state index >= 15 is 0 Å². The summed E-state index contributed by atoms with van der Waals surface area (Å²) in [6, 6.07) is 0. The Morgan fingerprint density at radius 1 is 0.952 bits per heavy atom. The van der Waals surface area contributed by atoms with Gasteiger partial charge in [-0.2, -0.15) is 0 Å². The molecule has 0 aliphatic carbocycles. The maximum Gasteiger partial charge on any atom is 0.409 e. The molecule has 0 aromatic carbocycles. The Morgan fingerprint density at radius 3 is 2.10 bits per heavy atom. The first-order valence-electron chi connectivity index (χ1n) is 7.18. The quantitative estimate of drug-likeness (QED) is 0.795. The molecule has 3 amide bonds. The zero-order valence-corrected chi connectivity index (χ0v) is 12.6. The number of rotatable bonds is 5. The summed E-state index contributed by atoms with van der Waals surface area (Å²) in [4.78, 5) is 37.8. The van der Waals surface area contributed by atoms with Crippen LogP contribution in [0.5, 0.6) is 0 Å². The van der Waals surface area contributed by atoms with Crippen molar-refractivity contribution in [3.05, 3.63) is 0 Å². The fourth-order valence-corrected chi connectivity index (χ4v) is 1.96. The van der Waals surface area contributed by atoms with Crippen molar-refractivity contribution in [1.82, 2.24) is 15.1 Å². The zero-order chi connectivity index (χ0) is 15.7. The summed E-state index contributed by atoms with van der Waals surface area (Å²) in [5, 5.41) is 2.50. The fraction of sp³-hybridized carbons (Fsp3) is 0.769. The van der Waals surface area contributed by atoms with E-state index in [1.165, 1.54) is 0 Å². The average Bonchev–Trinajstić information content (AvgIpc) is 2.48. The second-order valence-corrected chi connectivity index (χ2v) is 4.46. The third kappa shape index (κ3) is 5.88. The third-order valence-corrected chi connectivity index (χ3v) is 3.04. The van der Waals surface area contributed by atoms with E-state index in [1.807, 2.05) is 0 Å². The standard InChI is InChI=1S/C13H23N3O5/c1-3-20-12(18)14-6-5-11(17)15-7-9-16(10-8-15)13(19)21-4-2/h3-10H2,1-2H3,(H,14,18). The normalized spacial score (nSPS) is 14.6. The molecule has 1 saturated heterocycles. The smallest absolute Gasteiger partial charge is 0.409 e. The van der Waals surface area contributed by atoms with Crippen molar-refractivity contribution < 1.29 is 23.9 Å². The van der Waals surface area contributed by atoms with E-state index in [2.05, 4.69) is 5.32 Å². The second-order valence-electron chi connectivity index (χ2n) is 4.46. The average molecular weight is 301 g/mol. The van der Waals surface area contributed by atoms with Crippen molar-refractivity contribution in [3.8, 4) is 0 Å². The summed E-state index contributed by atoms with van der Waals surface area (Å²) in [6.45, 7) is 6.27. The van der Waals surface area contributed by atoms with Crippen molar-refractivity contribution in [1.29, 1.82) is 0 Å². The lowest BCUT2D eigenvalue weighted by molar-refractivity contribution is -0.132. The fourth-order valence-electron chi connectivity index (χ4n) is 1.96. The summed E-state index contributed by atoms with van der Waals surface area (Å²) in [6.07, 6.45) is -0.635. The first-order chi connectivity index (χ1) is 10.1. The Kier molecular flexibility index (Phi) is 7.34. The van der Waals surface area contributed by atoms with Crippen LogP contribution in [-0.4, -0.2) is 73.8 Å². The molecular formula is C13H23N3O5. The summed E-state index contributed by atoms with van der Waals surface area (Å²) in [7, 11) is 0. The molecule has 1 aliphatic rings. The van der Waals surface area contributed by atoms with Gasteiger partial charge in [-0.15, -0.1) is 0 Å². The Bertz CT molecular complexity index is 367. The van der Waals surface area contributed by atoms with Crippen LogP contribution in [-0.2, 0) is 14.3 Å². The molecule has 0 atom stereocenters. The van der Waals surface area contributed by atoms with E-state index in [9.17, 15) is 14.4 Å². The number of ether oxygens (including phenoxy) is 2. The van der Waals surface area contributed by atoms with Gasteiger partial charge in [-0.05, 0) is 13.8 Å². The van der Waals surface area contributed by atoms with Crippen LogP contribution in [0.4, 0.5) is 9.59 Å². The zero-order valence-electron chi connectivity index (χ0n) is 12.6. The number of nitrogens with one attached hydrogen (secondary N) is 1. The van der Waals surface area contributed by atoms with E-state index in [1.54, 1.807) is 23.6 Å². The third-order valence-electron chi connectivity index (χ3n) is 3.04. The molecule has 1 rings (SSSR count). The molecule has 0 aromatic heterocycles. The van der Waals surface area contributed by atoms with Gasteiger partial charge in [0.25, 0.3) is 0 Å². The highest BCUT2D eigenvalue weighted by Crippen LogP contribution is 2.05. The monoisotopic (exact) mass is 301 g/mol. The van der Waals surface area contributed by atoms with Crippen LogP contribution < -0.4 is 5.32 Å². The number of hydrogen-bond donors (Lipinski definition) is 1. The highest BCUT2D eigenvalue weighted by molar-refractivity contribution is 5.77. The van der Waals surface area contributed by atoms with Gasteiger partial charge in [-0.25, -0.2) is 9.59 Å². The van der Waals surface area contributed by atoms with E-state index in [0.29, 0.717) is 39.4 Å². The predicted molar refractivity (Wildman–Crippen MR) is 74.8 cm³/mol. The van der Waals surface area contributed by atoms with Gasteiger partial charge in [0.2, 0.25) is 5.91 Å². The Hall–Kier alpha value is -1.99. The van der Waals surface area contributed by atoms with Gasteiger partial charge >= 0.3 is 12.2 Å². The molecule has 21 heavy (non-hydrogen) atoms. The molecule has 120 valence electrons. The number of piperazine rings is 1. The highest BCUT2D eigenvalue weighted by Gasteiger charge is 2.24. The Morgan fingerprint density at radius 2 is 1.52 bits per heavy atom. The molecule has 0 aromatic rings. The first kappa shape index (κ1) is 17.1. The number of nitrogens with zero attached hydrogens (tertiary/aromatic N) is 2. The van der Waals surface area contributed by atoms with E-state index < -0.39 is 6.09 Å². The number of alkyl carbamates (subject to hydrolysis) is 1. The molecule has 1 fully saturated rings. The molecule has 8 heteroatoms. The molecule has 0 radical (unpaired) electrons. The lowest BCUT2D eigenvalue weighted by Crippen LogP contribution is -2.51. The summed E-state index contributed by atoms with van der Waals surface area (Å²) >= 11 is 0. The lowest BCUT2D eigenvalue weighted by atomic mass is 10.3. The van der Waals surface area contributed by atoms with E-state index in [0.717, 1.165) is 0 Å². The molecule has 1 heterocycles. The van der Waals surface area contributed by atoms with Gasteiger partial charge in [-0.1, -0.05) is 0 Å². The predicted octanol–water partition coefficient (Wildman–Crippen LogP) is 0.423. The maximum atomic E-state index is 11.9. The molecule has 0 unspecified atom stereocenters. The molecular weight excluding hydrogens is 278 g/mol. The van der Waals surface area contributed by atoms with Crippen LogP contribution in [0.2, 0.25) is 0 Å². The van der Waals surface area contributed by atoms with Gasteiger partial charge in [0.05, 0.1) is 13.2 Å². The van der Waals surface area contributed by atoms with Gasteiger partial charge in [0, 0.05) is 39.1 Å². The molecule has 1 N–H and O–H groups in total. The number of carbonyl (C=O) groups excluding carboxylic acids is 3. The Labute approximate surface area is 124 Å². The number of carbonyl (C=O) groups is 3. The molecule has 8 nitrogen and oxygen atoms in total. The lowest BCUT2D eigenvalue weighted by Gasteiger charge is -2.34.